The van der Waals surface area contributed by atoms with Gasteiger partial charge in [0.05, 0.1) is 12.3 Å². The molecule has 0 fully saturated rings. The fourth-order valence-electron chi connectivity index (χ4n) is 3.36. The van der Waals surface area contributed by atoms with Crippen molar-refractivity contribution < 1.29 is 9.53 Å². The van der Waals surface area contributed by atoms with E-state index in [9.17, 15) is 4.79 Å². The predicted octanol–water partition coefficient (Wildman–Crippen LogP) is 4.53. The molecule has 0 bridgehead atoms. The van der Waals surface area contributed by atoms with Gasteiger partial charge in [0.2, 0.25) is 11.6 Å². The topological polar surface area (TPSA) is 85.7 Å². The Labute approximate surface area is 186 Å². The highest BCUT2D eigenvalue weighted by molar-refractivity contribution is 6.08. The molecule has 0 saturated carbocycles. The molecule has 0 aliphatic heterocycles. The van der Waals surface area contributed by atoms with E-state index in [1.54, 1.807) is 0 Å². The molecule has 4 aromatic rings. The first kappa shape index (κ1) is 21.4. The van der Waals surface area contributed by atoms with E-state index in [1.165, 1.54) is 0 Å². The molecular formula is C25H25N5O2. The third-order valence-electron chi connectivity index (χ3n) is 5.16. The number of allylic oxidation sites excluding steroid dienone is 1. The Kier molecular flexibility index (Phi) is 6.67. The van der Waals surface area contributed by atoms with Gasteiger partial charge >= 0.3 is 0 Å². The van der Waals surface area contributed by atoms with Crippen LogP contribution in [0.5, 0.6) is 0 Å². The molecule has 7 nitrogen and oxygen atoms in total. The Hall–Kier alpha value is -3.84. The van der Waals surface area contributed by atoms with Crippen molar-refractivity contribution >= 4 is 11.9 Å². The summed E-state index contributed by atoms with van der Waals surface area (Å²) in [5.41, 5.74) is 4.63. The minimum Gasteiger partial charge on any atom is -0.366 e. The minimum atomic E-state index is -0.244. The van der Waals surface area contributed by atoms with E-state index in [0.29, 0.717) is 30.2 Å². The van der Waals surface area contributed by atoms with E-state index in [0.717, 1.165) is 16.7 Å². The standard InChI is InChI=1S/C25H25N5O2/c1-18-10-12-22(13-11-18)24(31)23-9-5-15-30(23)14-4-8-20-6-3-7-21(16-20)17-32-19(2)25-26-28-29-27-25/h3-13,15-16,19H,14,17H2,1-2H3,(H,26,27,28,29)/t19-/m1/s1. The predicted molar refractivity (Wildman–Crippen MR) is 122 cm³/mol. The third kappa shape index (κ3) is 5.25. The number of ether oxygens (including phenoxy) is 1. The van der Waals surface area contributed by atoms with E-state index >= 15 is 0 Å². The van der Waals surface area contributed by atoms with Gasteiger partial charge in [-0.15, -0.1) is 10.2 Å². The third-order valence-corrected chi connectivity index (χ3v) is 5.16. The minimum absolute atomic E-state index is 0.0262. The van der Waals surface area contributed by atoms with Gasteiger partial charge < -0.3 is 9.30 Å². The quantitative estimate of drug-likeness (QED) is 0.397. The van der Waals surface area contributed by atoms with Crippen LogP contribution in [0.25, 0.3) is 6.08 Å². The van der Waals surface area contributed by atoms with Gasteiger partial charge in [0.25, 0.3) is 0 Å². The van der Waals surface area contributed by atoms with Crippen molar-refractivity contribution in [2.45, 2.75) is 33.1 Å². The van der Waals surface area contributed by atoms with Crippen LogP contribution in [0.2, 0.25) is 0 Å². The summed E-state index contributed by atoms with van der Waals surface area (Å²) >= 11 is 0. The molecule has 4 rings (SSSR count). The van der Waals surface area contributed by atoms with Gasteiger partial charge in [0.1, 0.15) is 6.10 Å². The van der Waals surface area contributed by atoms with Crippen LogP contribution in [0, 0.1) is 6.92 Å². The summed E-state index contributed by atoms with van der Waals surface area (Å²) in [6.07, 6.45) is 5.78. The van der Waals surface area contributed by atoms with E-state index in [-0.39, 0.29) is 11.9 Å². The molecule has 162 valence electrons. The molecule has 2 heterocycles. The molecule has 0 radical (unpaired) electrons. The van der Waals surface area contributed by atoms with Crippen LogP contribution in [-0.4, -0.2) is 31.0 Å². The Morgan fingerprint density at radius 2 is 2.00 bits per heavy atom. The molecule has 0 aliphatic carbocycles. The lowest BCUT2D eigenvalue weighted by atomic mass is 10.1. The zero-order valence-corrected chi connectivity index (χ0v) is 18.1. The average Bonchev–Trinajstić information content (AvgIpc) is 3.50. The van der Waals surface area contributed by atoms with Crippen molar-refractivity contribution in [2.75, 3.05) is 0 Å². The highest BCUT2D eigenvalue weighted by atomic mass is 16.5. The lowest BCUT2D eigenvalue weighted by Crippen LogP contribution is -2.09. The van der Waals surface area contributed by atoms with Crippen LogP contribution in [0.3, 0.4) is 0 Å². The summed E-state index contributed by atoms with van der Waals surface area (Å²) in [6.45, 7) is 4.96. The Morgan fingerprint density at radius 3 is 2.78 bits per heavy atom. The number of hydrogen-bond donors (Lipinski definition) is 1. The number of hydrogen-bond acceptors (Lipinski definition) is 5. The number of aryl methyl sites for hydroxylation is 1. The van der Waals surface area contributed by atoms with Crippen molar-refractivity contribution in [1.29, 1.82) is 0 Å². The molecule has 0 aliphatic rings. The lowest BCUT2D eigenvalue weighted by molar-refractivity contribution is 0.0467. The number of H-pyrrole nitrogens is 1. The molecule has 1 N–H and O–H groups in total. The van der Waals surface area contributed by atoms with Gasteiger partial charge in [-0.05, 0) is 43.2 Å². The van der Waals surface area contributed by atoms with Crippen LogP contribution in [0.1, 0.15) is 51.6 Å². The first-order chi connectivity index (χ1) is 15.6. The summed E-state index contributed by atoms with van der Waals surface area (Å²) in [5, 5.41) is 13.9. The SMILES string of the molecule is Cc1ccc(C(=O)c2cccn2CC=Cc2cccc(CO[C@H](C)c3nn[nH]n3)c2)cc1. The molecule has 2 aromatic carbocycles. The molecule has 1 atom stereocenters. The van der Waals surface area contributed by atoms with Gasteiger partial charge in [-0.3, -0.25) is 4.79 Å². The molecule has 0 unspecified atom stereocenters. The normalized spacial score (nSPS) is 12.3. The number of tetrazole rings is 1. The number of benzene rings is 2. The Morgan fingerprint density at radius 1 is 1.16 bits per heavy atom. The van der Waals surface area contributed by atoms with Crippen LogP contribution < -0.4 is 0 Å². The molecule has 0 amide bonds. The molecule has 0 saturated heterocycles. The van der Waals surface area contributed by atoms with Gasteiger partial charge in [-0.1, -0.05) is 65.4 Å². The van der Waals surface area contributed by atoms with Crippen LogP contribution in [-0.2, 0) is 17.9 Å². The maximum absolute atomic E-state index is 12.9. The fraction of sp³-hybridized carbons (Fsp3) is 0.200. The summed E-state index contributed by atoms with van der Waals surface area (Å²) < 4.78 is 7.79. The smallest absolute Gasteiger partial charge is 0.209 e. The van der Waals surface area contributed by atoms with E-state index in [1.807, 2.05) is 91.4 Å². The highest BCUT2D eigenvalue weighted by Gasteiger charge is 2.13. The molecule has 7 heteroatoms. The molecule has 0 spiro atoms. The van der Waals surface area contributed by atoms with Gasteiger partial charge in [0, 0.05) is 18.3 Å². The number of ketones is 1. The molecule has 32 heavy (non-hydrogen) atoms. The first-order valence-electron chi connectivity index (χ1n) is 10.5. The van der Waals surface area contributed by atoms with E-state index < -0.39 is 0 Å². The number of carbonyl (C=O) groups is 1. The number of carbonyl (C=O) groups excluding carboxylic acids is 1. The van der Waals surface area contributed by atoms with E-state index in [2.05, 4.69) is 26.7 Å². The maximum atomic E-state index is 12.9. The van der Waals surface area contributed by atoms with Crippen molar-refractivity contribution in [2.24, 2.45) is 0 Å². The number of nitrogens with one attached hydrogen (secondary N) is 1. The molecule has 2 aromatic heterocycles. The number of nitrogens with zero attached hydrogens (tertiary/aromatic N) is 4. The zero-order valence-electron chi connectivity index (χ0n) is 18.1. The van der Waals surface area contributed by atoms with Crippen LogP contribution in [0.15, 0.2) is 72.9 Å². The number of aromatic amines is 1. The van der Waals surface area contributed by atoms with E-state index in [4.69, 9.17) is 4.74 Å². The maximum Gasteiger partial charge on any atom is 0.209 e. The average molecular weight is 428 g/mol. The number of aromatic nitrogens is 5. The van der Waals surface area contributed by atoms with Crippen molar-refractivity contribution in [3.05, 3.63) is 107 Å². The molecular weight excluding hydrogens is 402 g/mol. The fourth-order valence-corrected chi connectivity index (χ4v) is 3.36. The van der Waals surface area contributed by atoms with Crippen LogP contribution >= 0.6 is 0 Å². The van der Waals surface area contributed by atoms with Crippen LogP contribution in [0.4, 0.5) is 0 Å². The summed E-state index contributed by atoms with van der Waals surface area (Å²) in [6, 6.07) is 19.6. The highest BCUT2D eigenvalue weighted by Crippen LogP contribution is 2.16. The second-order valence-electron chi connectivity index (χ2n) is 7.61. The second-order valence-corrected chi connectivity index (χ2v) is 7.61. The summed E-state index contributed by atoms with van der Waals surface area (Å²) in [7, 11) is 0. The lowest BCUT2D eigenvalue weighted by Gasteiger charge is -2.09. The zero-order chi connectivity index (χ0) is 22.3. The van der Waals surface area contributed by atoms with Gasteiger partial charge in [-0.25, -0.2) is 0 Å². The Balaban J connectivity index is 1.38. The van der Waals surface area contributed by atoms with Gasteiger partial charge in [0.15, 0.2) is 0 Å². The largest absolute Gasteiger partial charge is 0.366 e. The monoisotopic (exact) mass is 427 g/mol. The van der Waals surface area contributed by atoms with Crippen molar-refractivity contribution in [3.63, 3.8) is 0 Å². The second kappa shape index (κ2) is 9.98. The Bertz CT molecular complexity index is 1190. The van der Waals surface area contributed by atoms with Crippen molar-refractivity contribution in [3.8, 4) is 0 Å². The summed E-state index contributed by atoms with van der Waals surface area (Å²) in [4.78, 5) is 12.9. The van der Waals surface area contributed by atoms with Gasteiger partial charge in [-0.2, -0.15) is 5.21 Å². The first-order valence-corrected chi connectivity index (χ1v) is 10.5. The van der Waals surface area contributed by atoms with Crippen molar-refractivity contribution in [1.82, 2.24) is 25.2 Å². The summed E-state index contributed by atoms with van der Waals surface area (Å²) in [5.74, 6) is 0.557. The number of rotatable bonds is 9.